The summed E-state index contributed by atoms with van der Waals surface area (Å²) in [6.07, 6.45) is 1.48. The van der Waals surface area contributed by atoms with E-state index in [1.807, 2.05) is 26.0 Å². The van der Waals surface area contributed by atoms with Crippen LogP contribution in [0.1, 0.15) is 40.1 Å². The van der Waals surface area contributed by atoms with Crippen molar-refractivity contribution in [2.45, 2.75) is 26.8 Å². The zero-order valence-corrected chi connectivity index (χ0v) is 12.3. The third-order valence-corrected chi connectivity index (χ3v) is 3.42. The highest BCUT2D eigenvalue weighted by molar-refractivity contribution is 5.97. The molecule has 1 amide bonds. The number of nitrogens with zero attached hydrogens (tertiary/aromatic N) is 2. The smallest absolute Gasteiger partial charge is 0.272 e. The molecule has 0 aliphatic heterocycles. The van der Waals surface area contributed by atoms with Crippen molar-refractivity contribution < 1.29 is 4.79 Å². The Balaban J connectivity index is 2.19. The predicted octanol–water partition coefficient (Wildman–Crippen LogP) is 2.11. The molecule has 0 bridgehead atoms. The molecule has 2 rings (SSSR count). The molecule has 20 heavy (non-hydrogen) atoms. The van der Waals surface area contributed by atoms with Crippen LogP contribution in [0, 0.1) is 13.8 Å². The molecule has 0 aliphatic rings. The third kappa shape index (κ3) is 2.66. The number of rotatable bonds is 3. The first kappa shape index (κ1) is 14.1. The summed E-state index contributed by atoms with van der Waals surface area (Å²) >= 11 is 0. The Labute approximate surface area is 118 Å². The van der Waals surface area contributed by atoms with Crippen molar-refractivity contribution in [3.8, 4) is 0 Å². The number of nitrogens with two attached hydrogens (primary N) is 1. The first-order valence-corrected chi connectivity index (χ1v) is 6.55. The van der Waals surface area contributed by atoms with E-state index in [0.29, 0.717) is 11.4 Å². The van der Waals surface area contributed by atoms with Crippen molar-refractivity contribution in [3.05, 3.63) is 46.8 Å². The summed E-state index contributed by atoms with van der Waals surface area (Å²) in [5.74, 6) is -0.213. The van der Waals surface area contributed by atoms with E-state index in [9.17, 15) is 4.79 Å². The minimum atomic E-state index is -0.213. The van der Waals surface area contributed by atoms with Crippen LogP contribution in [0.15, 0.2) is 24.4 Å². The minimum absolute atomic E-state index is 0.0857. The molecule has 5 nitrogen and oxygen atoms in total. The van der Waals surface area contributed by atoms with E-state index in [1.54, 1.807) is 7.05 Å². The van der Waals surface area contributed by atoms with Gasteiger partial charge in [0.2, 0.25) is 0 Å². The van der Waals surface area contributed by atoms with Gasteiger partial charge in [0.05, 0.1) is 17.9 Å². The summed E-state index contributed by atoms with van der Waals surface area (Å²) in [5, 5.41) is 6.94. The molecule has 1 unspecified atom stereocenters. The van der Waals surface area contributed by atoms with Gasteiger partial charge in [-0.05, 0) is 31.9 Å². The van der Waals surface area contributed by atoms with Crippen molar-refractivity contribution in [2.24, 2.45) is 7.05 Å². The number of carbonyl (C=O) groups is 1. The van der Waals surface area contributed by atoms with Crippen LogP contribution in [0.3, 0.4) is 0 Å². The van der Waals surface area contributed by atoms with Gasteiger partial charge in [0.1, 0.15) is 5.69 Å². The van der Waals surface area contributed by atoms with E-state index in [4.69, 9.17) is 5.73 Å². The number of aromatic nitrogens is 2. The fourth-order valence-electron chi connectivity index (χ4n) is 2.39. The van der Waals surface area contributed by atoms with Crippen molar-refractivity contribution in [1.29, 1.82) is 0 Å². The van der Waals surface area contributed by atoms with Gasteiger partial charge in [0.25, 0.3) is 5.91 Å². The minimum Gasteiger partial charge on any atom is -0.396 e. The SMILES string of the molecule is Cc1ccc(C(C)NC(=O)c2c(N)cnn2C)c(C)c1. The number of hydrogen-bond donors (Lipinski definition) is 2. The van der Waals surface area contributed by atoms with Crippen LogP contribution in [-0.2, 0) is 7.05 Å². The fourth-order valence-corrected chi connectivity index (χ4v) is 2.39. The Morgan fingerprint density at radius 3 is 2.65 bits per heavy atom. The second-order valence-corrected chi connectivity index (χ2v) is 5.13. The number of amides is 1. The molecule has 1 atom stereocenters. The second-order valence-electron chi connectivity index (χ2n) is 5.13. The number of nitrogens with one attached hydrogen (secondary N) is 1. The topological polar surface area (TPSA) is 72.9 Å². The molecule has 1 aromatic heterocycles. The highest BCUT2D eigenvalue weighted by atomic mass is 16.2. The molecule has 1 aromatic carbocycles. The van der Waals surface area contributed by atoms with E-state index >= 15 is 0 Å². The van der Waals surface area contributed by atoms with Gasteiger partial charge in [0, 0.05) is 7.05 Å². The molecule has 0 saturated carbocycles. The Bertz CT molecular complexity index is 626. The molecule has 3 N–H and O–H groups in total. The molecule has 2 aromatic rings. The number of nitrogen functional groups attached to an aromatic ring is 1. The van der Waals surface area contributed by atoms with Gasteiger partial charge < -0.3 is 11.1 Å². The van der Waals surface area contributed by atoms with Crippen molar-refractivity contribution in [1.82, 2.24) is 15.1 Å². The van der Waals surface area contributed by atoms with Gasteiger partial charge in [0.15, 0.2) is 0 Å². The van der Waals surface area contributed by atoms with Crippen LogP contribution in [0.25, 0.3) is 0 Å². The monoisotopic (exact) mass is 272 g/mol. The van der Waals surface area contributed by atoms with Gasteiger partial charge in [-0.15, -0.1) is 0 Å². The summed E-state index contributed by atoms with van der Waals surface area (Å²) in [7, 11) is 1.70. The molecule has 0 spiro atoms. The molecule has 0 saturated heterocycles. The Kier molecular flexibility index (Phi) is 3.79. The molecular weight excluding hydrogens is 252 g/mol. The highest BCUT2D eigenvalue weighted by Crippen LogP contribution is 2.19. The number of benzene rings is 1. The summed E-state index contributed by atoms with van der Waals surface area (Å²) in [6, 6.07) is 6.11. The maximum absolute atomic E-state index is 12.3. The summed E-state index contributed by atoms with van der Waals surface area (Å²) in [6.45, 7) is 6.06. The van der Waals surface area contributed by atoms with Crippen LogP contribution in [-0.4, -0.2) is 15.7 Å². The van der Waals surface area contributed by atoms with Gasteiger partial charge in [-0.25, -0.2) is 0 Å². The molecule has 0 aliphatic carbocycles. The lowest BCUT2D eigenvalue weighted by Gasteiger charge is -2.17. The molecule has 1 heterocycles. The van der Waals surface area contributed by atoms with Crippen molar-refractivity contribution in [2.75, 3.05) is 5.73 Å². The first-order chi connectivity index (χ1) is 9.40. The molecule has 0 fully saturated rings. The lowest BCUT2D eigenvalue weighted by molar-refractivity contribution is 0.0931. The third-order valence-electron chi connectivity index (χ3n) is 3.42. The van der Waals surface area contributed by atoms with Crippen LogP contribution in [0.2, 0.25) is 0 Å². The van der Waals surface area contributed by atoms with Crippen LogP contribution in [0.5, 0.6) is 0 Å². The molecular formula is C15H20N4O. The summed E-state index contributed by atoms with van der Waals surface area (Å²) in [4.78, 5) is 12.3. The second kappa shape index (κ2) is 5.36. The highest BCUT2D eigenvalue weighted by Gasteiger charge is 2.18. The van der Waals surface area contributed by atoms with Gasteiger partial charge in [-0.2, -0.15) is 5.10 Å². The zero-order chi connectivity index (χ0) is 14.9. The standard InChI is InChI=1S/C15H20N4O/c1-9-5-6-12(10(2)7-9)11(3)18-15(20)14-13(16)8-17-19(14)4/h5-8,11H,16H2,1-4H3,(H,18,20). The largest absolute Gasteiger partial charge is 0.396 e. The Morgan fingerprint density at radius 2 is 2.10 bits per heavy atom. The summed E-state index contributed by atoms with van der Waals surface area (Å²) in [5.41, 5.74) is 10.0. The normalized spacial score (nSPS) is 12.2. The van der Waals surface area contributed by atoms with E-state index in [1.165, 1.54) is 16.4 Å². The van der Waals surface area contributed by atoms with E-state index in [-0.39, 0.29) is 11.9 Å². The van der Waals surface area contributed by atoms with Gasteiger partial charge in [-0.3, -0.25) is 9.48 Å². The molecule has 5 heteroatoms. The number of anilines is 1. The molecule has 106 valence electrons. The summed E-state index contributed by atoms with van der Waals surface area (Å²) < 4.78 is 1.49. The average Bonchev–Trinajstić information content (AvgIpc) is 2.68. The lowest BCUT2D eigenvalue weighted by Crippen LogP contribution is -2.29. The number of hydrogen-bond acceptors (Lipinski definition) is 3. The first-order valence-electron chi connectivity index (χ1n) is 6.55. The van der Waals surface area contributed by atoms with E-state index in [2.05, 4.69) is 23.4 Å². The maximum Gasteiger partial charge on any atom is 0.272 e. The van der Waals surface area contributed by atoms with Gasteiger partial charge >= 0.3 is 0 Å². The Hall–Kier alpha value is -2.30. The average molecular weight is 272 g/mol. The lowest BCUT2D eigenvalue weighted by atomic mass is 10.0. The van der Waals surface area contributed by atoms with Crippen LogP contribution < -0.4 is 11.1 Å². The van der Waals surface area contributed by atoms with Gasteiger partial charge in [-0.1, -0.05) is 23.8 Å². The van der Waals surface area contributed by atoms with Crippen molar-refractivity contribution in [3.63, 3.8) is 0 Å². The van der Waals surface area contributed by atoms with Crippen LogP contribution >= 0.6 is 0 Å². The fraction of sp³-hybridized carbons (Fsp3) is 0.333. The van der Waals surface area contributed by atoms with E-state index in [0.717, 1.165) is 11.1 Å². The molecule has 0 radical (unpaired) electrons. The number of aryl methyl sites for hydroxylation is 3. The zero-order valence-electron chi connectivity index (χ0n) is 12.3. The maximum atomic E-state index is 12.3. The van der Waals surface area contributed by atoms with E-state index < -0.39 is 0 Å². The number of carbonyl (C=O) groups excluding carboxylic acids is 1. The predicted molar refractivity (Wildman–Crippen MR) is 79.4 cm³/mol. The van der Waals surface area contributed by atoms with Crippen molar-refractivity contribution >= 4 is 11.6 Å². The quantitative estimate of drug-likeness (QED) is 0.898. The van der Waals surface area contributed by atoms with Crippen LogP contribution in [0.4, 0.5) is 5.69 Å². The Morgan fingerprint density at radius 1 is 1.40 bits per heavy atom.